The number of anilines is 2. The number of primary amides is 1. The third kappa shape index (κ3) is 2.19. The molecule has 3 aromatic rings. The van der Waals surface area contributed by atoms with Crippen molar-refractivity contribution in [3.8, 4) is 5.75 Å². The summed E-state index contributed by atoms with van der Waals surface area (Å²) in [6.45, 7) is 0.350. The predicted molar refractivity (Wildman–Crippen MR) is 96.5 cm³/mol. The minimum atomic E-state index is -0.702. The molecule has 1 atom stereocenters. The highest BCUT2D eigenvalue weighted by molar-refractivity contribution is 7.19. The molecule has 3 heterocycles. The Morgan fingerprint density at radius 3 is 3.04 bits per heavy atom. The van der Waals surface area contributed by atoms with Crippen LogP contribution in [-0.4, -0.2) is 28.5 Å². The molecule has 0 bridgehead atoms. The Morgan fingerprint density at radius 2 is 2.16 bits per heavy atom. The van der Waals surface area contributed by atoms with Gasteiger partial charge in [0.25, 0.3) is 5.91 Å². The van der Waals surface area contributed by atoms with Crippen LogP contribution in [0.5, 0.6) is 5.75 Å². The number of para-hydroxylation sites is 2. The molecule has 7 heteroatoms. The molecule has 2 aromatic heterocycles. The second-order valence-electron chi connectivity index (χ2n) is 6.32. The first-order valence-electron chi connectivity index (χ1n) is 8.30. The van der Waals surface area contributed by atoms with Crippen LogP contribution in [0.15, 0.2) is 30.6 Å². The van der Waals surface area contributed by atoms with E-state index in [4.69, 9.17) is 10.5 Å². The van der Waals surface area contributed by atoms with Gasteiger partial charge in [-0.2, -0.15) is 0 Å². The molecule has 0 unspecified atom stereocenters. The number of hydrogen-bond acceptors (Lipinski definition) is 6. The SMILES string of the molecule is NC(=O)[C@H]1CN(c2ncnc3sc4c(c23)CCC4)c2ccccc2O1. The summed E-state index contributed by atoms with van der Waals surface area (Å²) in [5.41, 5.74) is 7.78. The number of carbonyl (C=O) groups is 1. The quantitative estimate of drug-likeness (QED) is 0.766. The van der Waals surface area contributed by atoms with Crippen molar-refractivity contribution >= 4 is 39.0 Å². The molecule has 2 N–H and O–H groups in total. The van der Waals surface area contributed by atoms with Gasteiger partial charge in [-0.15, -0.1) is 11.3 Å². The van der Waals surface area contributed by atoms with Gasteiger partial charge in [0.05, 0.1) is 17.6 Å². The number of rotatable bonds is 2. The topological polar surface area (TPSA) is 81.3 Å². The van der Waals surface area contributed by atoms with Crippen LogP contribution in [0, 0.1) is 0 Å². The maximum absolute atomic E-state index is 11.8. The molecule has 0 radical (unpaired) electrons. The van der Waals surface area contributed by atoms with Crippen molar-refractivity contribution in [2.45, 2.75) is 25.4 Å². The van der Waals surface area contributed by atoms with Gasteiger partial charge in [0, 0.05) is 4.88 Å². The van der Waals surface area contributed by atoms with E-state index in [2.05, 4.69) is 9.97 Å². The normalized spacial score (nSPS) is 18.7. The number of thiophene rings is 1. The first-order valence-corrected chi connectivity index (χ1v) is 9.12. The first-order chi connectivity index (χ1) is 12.2. The van der Waals surface area contributed by atoms with E-state index >= 15 is 0 Å². The van der Waals surface area contributed by atoms with Crippen LogP contribution in [0.3, 0.4) is 0 Å². The van der Waals surface area contributed by atoms with Crippen LogP contribution in [0.25, 0.3) is 10.2 Å². The molecule has 1 aromatic carbocycles. The Morgan fingerprint density at radius 1 is 1.28 bits per heavy atom. The van der Waals surface area contributed by atoms with E-state index in [-0.39, 0.29) is 0 Å². The Bertz CT molecular complexity index is 1000. The average Bonchev–Trinajstić information content (AvgIpc) is 3.21. The monoisotopic (exact) mass is 352 g/mol. The highest BCUT2D eigenvalue weighted by Crippen LogP contribution is 2.44. The number of carbonyl (C=O) groups excluding carboxylic acids is 1. The van der Waals surface area contributed by atoms with Gasteiger partial charge in [-0.05, 0) is 37.0 Å². The molecule has 2 aliphatic rings. The van der Waals surface area contributed by atoms with Gasteiger partial charge >= 0.3 is 0 Å². The number of hydrogen-bond donors (Lipinski definition) is 1. The van der Waals surface area contributed by atoms with E-state index in [1.165, 1.54) is 16.9 Å². The zero-order chi connectivity index (χ0) is 17.0. The van der Waals surface area contributed by atoms with Crippen molar-refractivity contribution in [2.75, 3.05) is 11.4 Å². The average molecular weight is 352 g/mol. The minimum Gasteiger partial charge on any atom is -0.477 e. The van der Waals surface area contributed by atoms with Crippen molar-refractivity contribution in [1.29, 1.82) is 0 Å². The molecule has 0 fully saturated rings. The zero-order valence-corrected chi connectivity index (χ0v) is 14.3. The lowest BCUT2D eigenvalue weighted by Gasteiger charge is -2.34. The lowest BCUT2D eigenvalue weighted by Crippen LogP contribution is -2.45. The summed E-state index contributed by atoms with van der Waals surface area (Å²) in [6.07, 6.45) is 4.24. The van der Waals surface area contributed by atoms with E-state index in [1.807, 2.05) is 29.2 Å². The van der Waals surface area contributed by atoms with Gasteiger partial charge < -0.3 is 15.4 Å². The number of ether oxygens (including phenoxy) is 1. The summed E-state index contributed by atoms with van der Waals surface area (Å²) < 4.78 is 5.77. The van der Waals surface area contributed by atoms with Gasteiger partial charge in [-0.25, -0.2) is 9.97 Å². The minimum absolute atomic E-state index is 0.350. The van der Waals surface area contributed by atoms with Crippen LogP contribution in [0.1, 0.15) is 16.9 Å². The summed E-state index contributed by atoms with van der Waals surface area (Å²) in [4.78, 5) is 25.3. The van der Waals surface area contributed by atoms with Crippen molar-refractivity contribution in [3.05, 3.63) is 41.0 Å². The van der Waals surface area contributed by atoms with Gasteiger partial charge in [0.15, 0.2) is 6.10 Å². The summed E-state index contributed by atoms with van der Waals surface area (Å²) in [6, 6.07) is 7.68. The highest BCUT2D eigenvalue weighted by atomic mass is 32.1. The smallest absolute Gasteiger partial charge is 0.260 e. The van der Waals surface area contributed by atoms with E-state index in [1.54, 1.807) is 17.7 Å². The number of nitrogens with zero attached hydrogens (tertiary/aromatic N) is 3. The summed E-state index contributed by atoms with van der Waals surface area (Å²) in [5, 5.41) is 1.11. The van der Waals surface area contributed by atoms with Crippen molar-refractivity contribution in [3.63, 3.8) is 0 Å². The predicted octanol–water partition coefficient (Wildman–Crippen LogP) is 2.56. The zero-order valence-electron chi connectivity index (χ0n) is 13.4. The summed E-state index contributed by atoms with van der Waals surface area (Å²) in [5.74, 6) is 1.02. The second kappa shape index (κ2) is 5.42. The van der Waals surface area contributed by atoms with Crippen molar-refractivity contribution < 1.29 is 9.53 Å². The van der Waals surface area contributed by atoms with E-state index in [0.717, 1.165) is 34.6 Å². The molecular formula is C18H16N4O2S. The van der Waals surface area contributed by atoms with Crippen molar-refractivity contribution in [1.82, 2.24) is 9.97 Å². The third-order valence-electron chi connectivity index (χ3n) is 4.83. The number of nitrogens with two attached hydrogens (primary N) is 1. The molecule has 5 rings (SSSR count). The molecule has 0 saturated carbocycles. The standard InChI is InChI=1S/C18H16N4O2S/c19-16(23)13-8-22(11-5-1-2-6-12(11)24-13)17-15-10-4-3-7-14(10)25-18(15)21-9-20-17/h1-2,5-6,9,13H,3-4,7-8H2,(H2,19,23)/t13-/m1/s1. The maximum atomic E-state index is 11.8. The number of aryl methyl sites for hydroxylation is 2. The van der Waals surface area contributed by atoms with Crippen LogP contribution in [-0.2, 0) is 17.6 Å². The summed E-state index contributed by atoms with van der Waals surface area (Å²) in [7, 11) is 0. The van der Waals surface area contributed by atoms with E-state index < -0.39 is 12.0 Å². The first kappa shape index (κ1) is 14.7. The molecule has 0 spiro atoms. The van der Waals surface area contributed by atoms with Gasteiger partial charge in [-0.1, -0.05) is 12.1 Å². The fourth-order valence-corrected chi connectivity index (χ4v) is 4.92. The molecule has 1 aliphatic carbocycles. The lowest BCUT2D eigenvalue weighted by molar-refractivity contribution is -0.124. The molecule has 126 valence electrons. The van der Waals surface area contributed by atoms with E-state index in [0.29, 0.717) is 12.3 Å². The molecular weight excluding hydrogens is 336 g/mol. The largest absolute Gasteiger partial charge is 0.477 e. The summed E-state index contributed by atoms with van der Waals surface area (Å²) >= 11 is 1.75. The van der Waals surface area contributed by atoms with Crippen molar-refractivity contribution in [2.24, 2.45) is 5.73 Å². The number of benzene rings is 1. The Balaban J connectivity index is 1.73. The number of fused-ring (bicyclic) bond motifs is 4. The Kier molecular flexibility index (Phi) is 3.18. The van der Waals surface area contributed by atoms with Crippen LogP contribution >= 0.6 is 11.3 Å². The fourth-order valence-electron chi connectivity index (χ4n) is 3.70. The third-order valence-corrected chi connectivity index (χ3v) is 6.03. The van der Waals surface area contributed by atoms with Gasteiger partial charge in [-0.3, -0.25) is 4.79 Å². The molecule has 1 aliphatic heterocycles. The molecule has 1 amide bonds. The van der Waals surface area contributed by atoms with Gasteiger partial charge in [0.2, 0.25) is 0 Å². The maximum Gasteiger partial charge on any atom is 0.260 e. The lowest BCUT2D eigenvalue weighted by atomic mass is 10.1. The second-order valence-corrected chi connectivity index (χ2v) is 7.41. The van der Waals surface area contributed by atoms with E-state index in [9.17, 15) is 4.79 Å². The number of aromatic nitrogens is 2. The highest BCUT2D eigenvalue weighted by Gasteiger charge is 2.33. The molecule has 0 saturated heterocycles. The Labute approximate surface area is 148 Å². The van der Waals surface area contributed by atoms with Crippen LogP contribution in [0.4, 0.5) is 11.5 Å². The fraction of sp³-hybridized carbons (Fsp3) is 0.278. The van der Waals surface area contributed by atoms with Crippen LogP contribution < -0.4 is 15.4 Å². The van der Waals surface area contributed by atoms with Crippen LogP contribution in [0.2, 0.25) is 0 Å². The van der Waals surface area contributed by atoms with Gasteiger partial charge in [0.1, 0.15) is 22.7 Å². The molecule has 6 nitrogen and oxygen atoms in total. The Hall–Kier alpha value is -2.67. The molecule has 25 heavy (non-hydrogen) atoms. The number of amides is 1.